The van der Waals surface area contributed by atoms with Crippen LogP contribution in [0.4, 0.5) is 10.5 Å². The molecule has 1 saturated heterocycles. The van der Waals surface area contributed by atoms with Gasteiger partial charge in [-0.15, -0.1) is 0 Å². The topological polar surface area (TPSA) is 68.6 Å². The number of ether oxygens (including phenoxy) is 2. The Balaban J connectivity index is 1.35. The second kappa shape index (κ2) is 11.8. The highest BCUT2D eigenvalue weighted by molar-refractivity contribution is 5.85. The standard InChI is InChI=1S/C30H32N4O3/c1-36-30(35)31-25-14-10-24(11-15-25)29-22-28(32-34(29)26-8-4-2-5-9-26)23-12-16-27(17-13-23)37-21-20-33-18-6-3-7-19-33/h2,4-5,8-17,22H,3,6-7,18-21H2,1H3,(H,31,35). The number of hydrogen-bond donors (Lipinski definition) is 1. The number of anilines is 1. The summed E-state index contributed by atoms with van der Waals surface area (Å²) in [7, 11) is 1.35. The summed E-state index contributed by atoms with van der Waals surface area (Å²) < 4.78 is 12.6. The van der Waals surface area contributed by atoms with E-state index >= 15 is 0 Å². The molecule has 37 heavy (non-hydrogen) atoms. The predicted molar refractivity (Wildman–Crippen MR) is 146 cm³/mol. The number of amides is 1. The normalized spacial score (nSPS) is 13.8. The van der Waals surface area contributed by atoms with Crippen molar-refractivity contribution in [3.8, 4) is 34.0 Å². The van der Waals surface area contributed by atoms with Gasteiger partial charge in [0.25, 0.3) is 0 Å². The number of hydrogen-bond acceptors (Lipinski definition) is 5. The Morgan fingerprint density at radius 2 is 1.59 bits per heavy atom. The first-order valence-corrected chi connectivity index (χ1v) is 12.8. The SMILES string of the molecule is COC(=O)Nc1ccc(-c2cc(-c3ccc(OCCN4CCCCC4)cc3)nn2-c2ccccc2)cc1. The first-order chi connectivity index (χ1) is 18.2. The lowest BCUT2D eigenvalue weighted by molar-refractivity contribution is 0.183. The summed E-state index contributed by atoms with van der Waals surface area (Å²) in [6.07, 6.45) is 3.43. The second-order valence-electron chi connectivity index (χ2n) is 9.13. The third-order valence-electron chi connectivity index (χ3n) is 6.60. The molecular formula is C30H32N4O3. The largest absolute Gasteiger partial charge is 0.492 e. The molecule has 0 saturated carbocycles. The van der Waals surface area contributed by atoms with Crippen molar-refractivity contribution in [1.82, 2.24) is 14.7 Å². The number of likely N-dealkylation sites (tertiary alicyclic amines) is 1. The minimum atomic E-state index is -0.497. The summed E-state index contributed by atoms with van der Waals surface area (Å²) in [5.41, 5.74) is 5.46. The summed E-state index contributed by atoms with van der Waals surface area (Å²) in [6, 6.07) is 27.9. The average Bonchev–Trinajstić information content (AvgIpc) is 3.40. The Hall–Kier alpha value is -4.10. The molecule has 0 radical (unpaired) electrons. The molecular weight excluding hydrogens is 464 g/mol. The molecule has 1 N–H and O–H groups in total. The van der Waals surface area contributed by atoms with E-state index in [1.807, 2.05) is 71.4 Å². The van der Waals surface area contributed by atoms with Gasteiger partial charge in [-0.25, -0.2) is 9.48 Å². The van der Waals surface area contributed by atoms with Crippen molar-refractivity contribution in [2.75, 3.05) is 38.7 Å². The molecule has 0 unspecified atom stereocenters. The fraction of sp³-hybridized carbons (Fsp3) is 0.267. The van der Waals surface area contributed by atoms with Crippen molar-refractivity contribution in [1.29, 1.82) is 0 Å². The molecule has 0 spiro atoms. The maximum absolute atomic E-state index is 11.5. The molecule has 3 aromatic carbocycles. The quantitative estimate of drug-likeness (QED) is 0.312. The van der Waals surface area contributed by atoms with E-state index in [1.165, 1.54) is 39.5 Å². The van der Waals surface area contributed by atoms with E-state index in [-0.39, 0.29) is 0 Å². The third-order valence-corrected chi connectivity index (χ3v) is 6.60. The van der Waals surface area contributed by atoms with Crippen molar-refractivity contribution >= 4 is 11.8 Å². The fourth-order valence-corrected chi connectivity index (χ4v) is 4.58. The van der Waals surface area contributed by atoms with E-state index in [1.54, 1.807) is 0 Å². The first kappa shape index (κ1) is 24.6. The lowest BCUT2D eigenvalue weighted by atomic mass is 10.1. The minimum absolute atomic E-state index is 0.497. The maximum atomic E-state index is 11.5. The molecule has 0 aliphatic carbocycles. The molecule has 1 aliphatic rings. The van der Waals surface area contributed by atoms with Gasteiger partial charge >= 0.3 is 6.09 Å². The Morgan fingerprint density at radius 1 is 0.892 bits per heavy atom. The van der Waals surface area contributed by atoms with Gasteiger partial charge in [0.15, 0.2) is 0 Å². The number of carbonyl (C=O) groups excluding carboxylic acids is 1. The van der Waals surface area contributed by atoms with Crippen molar-refractivity contribution in [3.05, 3.63) is 84.9 Å². The van der Waals surface area contributed by atoms with Gasteiger partial charge in [-0.1, -0.05) is 36.8 Å². The summed E-state index contributed by atoms with van der Waals surface area (Å²) in [6.45, 7) is 4.03. The summed E-state index contributed by atoms with van der Waals surface area (Å²) >= 11 is 0. The van der Waals surface area contributed by atoms with Crippen LogP contribution in [0.5, 0.6) is 5.75 Å². The van der Waals surface area contributed by atoms with Crippen LogP contribution in [0.25, 0.3) is 28.2 Å². The van der Waals surface area contributed by atoms with Crippen LogP contribution < -0.4 is 10.1 Å². The van der Waals surface area contributed by atoms with Gasteiger partial charge in [0, 0.05) is 23.4 Å². The Labute approximate surface area is 217 Å². The number of carbonyl (C=O) groups is 1. The summed E-state index contributed by atoms with van der Waals surface area (Å²) in [5, 5.41) is 7.63. The zero-order chi connectivity index (χ0) is 25.5. The van der Waals surface area contributed by atoms with Crippen LogP contribution in [0.2, 0.25) is 0 Å². The summed E-state index contributed by atoms with van der Waals surface area (Å²) in [4.78, 5) is 14.0. The number of benzene rings is 3. The number of para-hydroxylation sites is 1. The molecule has 1 fully saturated rings. The Morgan fingerprint density at radius 3 is 2.30 bits per heavy atom. The van der Waals surface area contributed by atoms with Crippen molar-refractivity contribution in [2.45, 2.75) is 19.3 Å². The lowest BCUT2D eigenvalue weighted by Gasteiger charge is -2.26. The van der Waals surface area contributed by atoms with Crippen molar-refractivity contribution < 1.29 is 14.3 Å². The van der Waals surface area contributed by atoms with Crippen LogP contribution in [0, 0.1) is 0 Å². The fourth-order valence-electron chi connectivity index (χ4n) is 4.58. The monoisotopic (exact) mass is 496 g/mol. The van der Waals surface area contributed by atoms with Gasteiger partial charge in [-0.3, -0.25) is 10.2 Å². The molecule has 0 bridgehead atoms. The highest BCUT2D eigenvalue weighted by atomic mass is 16.5. The van der Waals surface area contributed by atoms with Crippen LogP contribution in [-0.2, 0) is 4.74 Å². The highest BCUT2D eigenvalue weighted by Gasteiger charge is 2.14. The lowest BCUT2D eigenvalue weighted by Crippen LogP contribution is -2.33. The van der Waals surface area contributed by atoms with Crippen LogP contribution in [0.15, 0.2) is 84.9 Å². The molecule has 0 atom stereocenters. The first-order valence-electron chi connectivity index (χ1n) is 12.8. The van der Waals surface area contributed by atoms with Gasteiger partial charge in [0.1, 0.15) is 12.4 Å². The number of aromatic nitrogens is 2. The van der Waals surface area contributed by atoms with E-state index in [0.29, 0.717) is 12.3 Å². The number of piperidine rings is 1. The number of rotatable bonds is 8. The molecule has 1 aliphatic heterocycles. The second-order valence-corrected chi connectivity index (χ2v) is 9.13. The third kappa shape index (κ3) is 6.19. The van der Waals surface area contributed by atoms with Crippen molar-refractivity contribution in [2.24, 2.45) is 0 Å². The van der Waals surface area contributed by atoms with E-state index in [9.17, 15) is 4.79 Å². The van der Waals surface area contributed by atoms with Gasteiger partial charge in [-0.2, -0.15) is 5.10 Å². The Kier molecular flexibility index (Phi) is 7.81. The molecule has 7 heteroatoms. The van der Waals surface area contributed by atoms with E-state index in [2.05, 4.69) is 33.2 Å². The Bertz CT molecular complexity index is 1300. The average molecular weight is 497 g/mol. The molecule has 2 heterocycles. The molecule has 7 nitrogen and oxygen atoms in total. The molecule has 5 rings (SSSR count). The minimum Gasteiger partial charge on any atom is -0.492 e. The van der Waals surface area contributed by atoms with E-state index < -0.39 is 6.09 Å². The summed E-state index contributed by atoms with van der Waals surface area (Å²) in [5.74, 6) is 0.872. The number of methoxy groups -OCH3 is 1. The number of nitrogens with zero attached hydrogens (tertiary/aromatic N) is 3. The van der Waals surface area contributed by atoms with Crippen LogP contribution in [0.3, 0.4) is 0 Å². The van der Waals surface area contributed by atoms with Gasteiger partial charge < -0.3 is 9.47 Å². The van der Waals surface area contributed by atoms with Crippen LogP contribution in [0.1, 0.15) is 19.3 Å². The molecule has 1 aromatic heterocycles. The zero-order valence-electron chi connectivity index (χ0n) is 21.1. The molecule has 4 aromatic rings. The zero-order valence-corrected chi connectivity index (χ0v) is 21.1. The number of nitrogens with one attached hydrogen (secondary N) is 1. The maximum Gasteiger partial charge on any atom is 0.411 e. The highest BCUT2D eigenvalue weighted by Crippen LogP contribution is 2.30. The van der Waals surface area contributed by atoms with Crippen molar-refractivity contribution in [3.63, 3.8) is 0 Å². The predicted octanol–water partition coefficient (Wildman–Crippen LogP) is 6.25. The molecule has 190 valence electrons. The molecule has 1 amide bonds. The smallest absolute Gasteiger partial charge is 0.411 e. The van der Waals surface area contributed by atoms with Crippen LogP contribution >= 0.6 is 0 Å². The van der Waals surface area contributed by atoms with Gasteiger partial charge in [0.05, 0.1) is 24.2 Å². The van der Waals surface area contributed by atoms with E-state index in [0.717, 1.165) is 40.5 Å². The van der Waals surface area contributed by atoms with E-state index in [4.69, 9.17) is 9.84 Å². The van der Waals surface area contributed by atoms with Crippen LogP contribution in [-0.4, -0.2) is 54.1 Å². The van der Waals surface area contributed by atoms with Gasteiger partial charge in [0.2, 0.25) is 0 Å². The van der Waals surface area contributed by atoms with Gasteiger partial charge in [-0.05, 0) is 80.5 Å².